The van der Waals surface area contributed by atoms with Gasteiger partial charge in [-0.2, -0.15) is 0 Å². The SMILES string of the molecule is CC(NCCCC(N)=O)c1ccc(Br)o1. The Kier molecular flexibility index (Phi) is 4.84. The largest absolute Gasteiger partial charge is 0.453 e. The third kappa shape index (κ3) is 4.48. The Labute approximate surface area is 97.3 Å². The molecule has 1 heterocycles. The summed E-state index contributed by atoms with van der Waals surface area (Å²) in [6, 6.07) is 3.91. The van der Waals surface area contributed by atoms with Crippen molar-refractivity contribution in [3.8, 4) is 0 Å². The minimum atomic E-state index is -0.259. The average molecular weight is 275 g/mol. The van der Waals surface area contributed by atoms with Crippen LogP contribution < -0.4 is 11.1 Å². The second-order valence-corrected chi connectivity index (χ2v) is 4.17. The Morgan fingerprint density at radius 3 is 2.93 bits per heavy atom. The number of carbonyl (C=O) groups excluding carboxylic acids is 1. The zero-order valence-corrected chi connectivity index (χ0v) is 10.2. The molecule has 15 heavy (non-hydrogen) atoms. The summed E-state index contributed by atoms with van der Waals surface area (Å²) in [5.41, 5.74) is 5.03. The molecular formula is C10H15BrN2O2. The van der Waals surface area contributed by atoms with Crippen molar-refractivity contribution >= 4 is 21.8 Å². The van der Waals surface area contributed by atoms with Crippen molar-refractivity contribution in [2.75, 3.05) is 6.54 Å². The van der Waals surface area contributed by atoms with Gasteiger partial charge in [-0.05, 0) is 48.0 Å². The molecule has 0 saturated carbocycles. The van der Waals surface area contributed by atoms with Crippen molar-refractivity contribution in [2.24, 2.45) is 5.73 Å². The van der Waals surface area contributed by atoms with E-state index >= 15 is 0 Å². The number of hydrogen-bond donors (Lipinski definition) is 2. The molecule has 0 aliphatic carbocycles. The summed E-state index contributed by atoms with van der Waals surface area (Å²) >= 11 is 3.25. The molecule has 0 saturated heterocycles. The predicted octanol–water partition coefficient (Wildman–Crippen LogP) is 1.96. The van der Waals surface area contributed by atoms with Crippen LogP contribution in [0.25, 0.3) is 0 Å². The van der Waals surface area contributed by atoms with Gasteiger partial charge in [-0.25, -0.2) is 0 Å². The first-order valence-corrected chi connectivity index (χ1v) is 5.66. The molecule has 0 bridgehead atoms. The highest BCUT2D eigenvalue weighted by Crippen LogP contribution is 2.19. The standard InChI is InChI=1S/C10H15BrN2O2/c1-7(8-4-5-9(11)15-8)13-6-2-3-10(12)14/h4-5,7,13H,2-3,6H2,1H3,(H2,12,14). The summed E-state index contributed by atoms with van der Waals surface area (Å²) in [6.07, 6.45) is 1.17. The van der Waals surface area contributed by atoms with Gasteiger partial charge >= 0.3 is 0 Å². The van der Waals surface area contributed by atoms with Crippen LogP contribution >= 0.6 is 15.9 Å². The average Bonchev–Trinajstić information content (AvgIpc) is 2.59. The summed E-state index contributed by atoms with van der Waals surface area (Å²) in [6.45, 7) is 2.76. The lowest BCUT2D eigenvalue weighted by Gasteiger charge is -2.10. The van der Waals surface area contributed by atoms with Crippen molar-refractivity contribution in [3.63, 3.8) is 0 Å². The first kappa shape index (κ1) is 12.3. The van der Waals surface area contributed by atoms with Gasteiger partial charge in [-0.1, -0.05) is 0 Å². The van der Waals surface area contributed by atoms with Crippen LogP contribution in [0.15, 0.2) is 21.2 Å². The number of carbonyl (C=O) groups is 1. The van der Waals surface area contributed by atoms with E-state index in [1.165, 1.54) is 0 Å². The number of halogens is 1. The summed E-state index contributed by atoms with van der Waals surface area (Å²) in [4.78, 5) is 10.5. The second-order valence-electron chi connectivity index (χ2n) is 3.39. The zero-order valence-electron chi connectivity index (χ0n) is 8.63. The Morgan fingerprint density at radius 2 is 2.40 bits per heavy atom. The molecule has 5 heteroatoms. The van der Waals surface area contributed by atoms with Crippen LogP contribution in [0.5, 0.6) is 0 Å². The lowest BCUT2D eigenvalue weighted by Crippen LogP contribution is -2.21. The van der Waals surface area contributed by atoms with Gasteiger partial charge in [0.05, 0.1) is 6.04 Å². The van der Waals surface area contributed by atoms with Gasteiger partial charge in [0.25, 0.3) is 0 Å². The maximum absolute atomic E-state index is 10.5. The molecular weight excluding hydrogens is 260 g/mol. The molecule has 1 unspecified atom stereocenters. The summed E-state index contributed by atoms with van der Waals surface area (Å²) < 4.78 is 6.11. The highest BCUT2D eigenvalue weighted by molar-refractivity contribution is 9.10. The normalized spacial score (nSPS) is 12.7. The molecule has 0 aliphatic heterocycles. The molecule has 0 spiro atoms. The molecule has 4 nitrogen and oxygen atoms in total. The maximum Gasteiger partial charge on any atom is 0.217 e. The van der Waals surface area contributed by atoms with Gasteiger partial charge in [-0.15, -0.1) is 0 Å². The van der Waals surface area contributed by atoms with E-state index in [1.807, 2.05) is 19.1 Å². The van der Waals surface area contributed by atoms with E-state index in [0.29, 0.717) is 6.42 Å². The monoisotopic (exact) mass is 274 g/mol. The van der Waals surface area contributed by atoms with Crippen LogP contribution in [0.1, 0.15) is 31.6 Å². The Hall–Kier alpha value is -0.810. The number of amides is 1. The highest BCUT2D eigenvalue weighted by Gasteiger charge is 2.08. The molecule has 3 N–H and O–H groups in total. The quantitative estimate of drug-likeness (QED) is 0.780. The first-order valence-electron chi connectivity index (χ1n) is 4.86. The lowest BCUT2D eigenvalue weighted by atomic mass is 10.2. The summed E-state index contributed by atoms with van der Waals surface area (Å²) in [7, 11) is 0. The first-order chi connectivity index (χ1) is 7.09. The smallest absolute Gasteiger partial charge is 0.217 e. The van der Waals surface area contributed by atoms with Gasteiger partial charge in [0.1, 0.15) is 5.76 Å². The van der Waals surface area contributed by atoms with Gasteiger partial charge in [0.15, 0.2) is 4.67 Å². The van der Waals surface area contributed by atoms with Gasteiger partial charge < -0.3 is 15.5 Å². The third-order valence-electron chi connectivity index (χ3n) is 2.07. The van der Waals surface area contributed by atoms with Gasteiger partial charge in [-0.3, -0.25) is 4.79 Å². The van der Waals surface area contributed by atoms with Crippen molar-refractivity contribution in [1.29, 1.82) is 0 Å². The third-order valence-corrected chi connectivity index (χ3v) is 2.50. The predicted molar refractivity (Wildman–Crippen MR) is 61.3 cm³/mol. The molecule has 0 fully saturated rings. The fraction of sp³-hybridized carbons (Fsp3) is 0.500. The van der Waals surface area contributed by atoms with E-state index in [4.69, 9.17) is 10.2 Å². The molecule has 1 amide bonds. The van der Waals surface area contributed by atoms with Crippen LogP contribution in [0, 0.1) is 0 Å². The lowest BCUT2D eigenvalue weighted by molar-refractivity contribution is -0.118. The van der Waals surface area contributed by atoms with Crippen molar-refractivity contribution in [3.05, 3.63) is 22.6 Å². The Morgan fingerprint density at radius 1 is 1.67 bits per heavy atom. The number of furan rings is 1. The Balaban J connectivity index is 2.24. The van der Waals surface area contributed by atoms with E-state index < -0.39 is 0 Å². The van der Waals surface area contributed by atoms with Crippen LogP contribution in [0.2, 0.25) is 0 Å². The fourth-order valence-corrected chi connectivity index (χ4v) is 1.56. The van der Waals surface area contributed by atoms with E-state index in [9.17, 15) is 4.79 Å². The van der Waals surface area contributed by atoms with E-state index in [0.717, 1.165) is 23.4 Å². The minimum Gasteiger partial charge on any atom is -0.453 e. The maximum atomic E-state index is 10.5. The number of hydrogen-bond acceptors (Lipinski definition) is 3. The summed E-state index contributed by atoms with van der Waals surface area (Å²) in [5, 5.41) is 3.25. The zero-order chi connectivity index (χ0) is 11.3. The number of nitrogens with one attached hydrogen (secondary N) is 1. The topological polar surface area (TPSA) is 68.3 Å². The van der Waals surface area contributed by atoms with E-state index in [-0.39, 0.29) is 11.9 Å². The molecule has 0 aliphatic rings. The molecule has 1 rings (SSSR count). The molecule has 1 atom stereocenters. The Bertz CT molecular complexity index is 325. The van der Waals surface area contributed by atoms with E-state index in [1.54, 1.807) is 0 Å². The highest BCUT2D eigenvalue weighted by atomic mass is 79.9. The number of rotatable bonds is 6. The molecule has 84 valence electrons. The fourth-order valence-electron chi connectivity index (χ4n) is 1.24. The van der Waals surface area contributed by atoms with Crippen LogP contribution in [0.4, 0.5) is 0 Å². The van der Waals surface area contributed by atoms with Crippen LogP contribution in [-0.2, 0) is 4.79 Å². The molecule has 0 radical (unpaired) electrons. The van der Waals surface area contributed by atoms with Crippen molar-refractivity contribution in [2.45, 2.75) is 25.8 Å². The van der Waals surface area contributed by atoms with Crippen LogP contribution in [-0.4, -0.2) is 12.5 Å². The second kappa shape index (κ2) is 5.92. The molecule has 0 aromatic carbocycles. The molecule has 1 aromatic heterocycles. The van der Waals surface area contributed by atoms with Gasteiger partial charge in [0.2, 0.25) is 5.91 Å². The van der Waals surface area contributed by atoms with E-state index in [2.05, 4.69) is 21.2 Å². The number of primary amides is 1. The number of nitrogens with two attached hydrogens (primary N) is 1. The van der Waals surface area contributed by atoms with Crippen LogP contribution in [0.3, 0.4) is 0 Å². The molecule has 1 aromatic rings. The van der Waals surface area contributed by atoms with Crippen molar-refractivity contribution in [1.82, 2.24) is 5.32 Å². The summed E-state index contributed by atoms with van der Waals surface area (Å²) in [5.74, 6) is 0.617. The van der Waals surface area contributed by atoms with Gasteiger partial charge in [0, 0.05) is 6.42 Å². The van der Waals surface area contributed by atoms with Crippen molar-refractivity contribution < 1.29 is 9.21 Å². The minimum absolute atomic E-state index is 0.143.